The molecule has 6 heteroatoms. The van der Waals surface area contributed by atoms with Crippen molar-refractivity contribution in [2.24, 2.45) is 5.92 Å². The highest BCUT2D eigenvalue weighted by Gasteiger charge is 2.24. The predicted octanol–water partition coefficient (Wildman–Crippen LogP) is 1.02. The lowest BCUT2D eigenvalue weighted by Crippen LogP contribution is -2.48. The second kappa shape index (κ2) is 5.50. The smallest absolute Gasteiger partial charge is 0.411 e. The first kappa shape index (κ1) is 12.4. The van der Waals surface area contributed by atoms with Gasteiger partial charge in [0.1, 0.15) is 0 Å². The molecular weight excluding hydrogens is 234 g/mol. The molecule has 96 valence electrons. The maximum Gasteiger partial charge on any atom is 0.411 e. The summed E-state index contributed by atoms with van der Waals surface area (Å²) in [7, 11) is 1.30. The highest BCUT2D eigenvalue weighted by atomic mass is 16.5. The maximum atomic E-state index is 11.7. The fourth-order valence-corrected chi connectivity index (χ4v) is 1.52. The second-order valence-corrected chi connectivity index (χ2v) is 4.04. The van der Waals surface area contributed by atoms with Gasteiger partial charge in [0.05, 0.1) is 13.0 Å². The zero-order valence-electron chi connectivity index (χ0n) is 10.0. The van der Waals surface area contributed by atoms with Crippen LogP contribution < -0.4 is 16.0 Å². The molecule has 2 rings (SSSR count). The van der Waals surface area contributed by atoms with Crippen molar-refractivity contribution in [3.8, 4) is 0 Å². The second-order valence-electron chi connectivity index (χ2n) is 4.04. The third-order valence-corrected chi connectivity index (χ3v) is 2.74. The maximum absolute atomic E-state index is 11.7. The van der Waals surface area contributed by atoms with Gasteiger partial charge in [-0.25, -0.2) is 4.79 Å². The minimum Gasteiger partial charge on any atom is -0.453 e. The van der Waals surface area contributed by atoms with Crippen molar-refractivity contribution < 1.29 is 14.3 Å². The van der Waals surface area contributed by atoms with Crippen LogP contribution in [-0.2, 0) is 9.53 Å². The van der Waals surface area contributed by atoms with Crippen molar-refractivity contribution in [3.63, 3.8) is 0 Å². The van der Waals surface area contributed by atoms with Crippen LogP contribution in [0.25, 0.3) is 0 Å². The zero-order valence-corrected chi connectivity index (χ0v) is 10.0. The number of carbonyl (C=O) groups is 2. The van der Waals surface area contributed by atoms with Crippen LogP contribution >= 0.6 is 0 Å². The van der Waals surface area contributed by atoms with Gasteiger partial charge in [-0.15, -0.1) is 0 Å². The molecule has 2 amide bonds. The van der Waals surface area contributed by atoms with Crippen molar-refractivity contribution >= 4 is 23.4 Å². The molecule has 1 aliphatic heterocycles. The minimum atomic E-state index is -0.521. The van der Waals surface area contributed by atoms with Crippen LogP contribution in [-0.4, -0.2) is 32.2 Å². The highest BCUT2D eigenvalue weighted by Crippen LogP contribution is 2.15. The molecule has 0 aliphatic carbocycles. The van der Waals surface area contributed by atoms with Gasteiger partial charge in [-0.1, -0.05) is 0 Å². The quantitative estimate of drug-likeness (QED) is 0.747. The fourth-order valence-electron chi connectivity index (χ4n) is 1.52. The van der Waals surface area contributed by atoms with Gasteiger partial charge in [-0.2, -0.15) is 0 Å². The summed E-state index contributed by atoms with van der Waals surface area (Å²) < 4.78 is 4.48. The van der Waals surface area contributed by atoms with Gasteiger partial charge < -0.3 is 15.4 Å². The SMILES string of the molecule is COC(=O)Nc1ccc(NC(=O)C2CNC2)cc1. The Morgan fingerprint density at radius 1 is 1.17 bits per heavy atom. The summed E-state index contributed by atoms with van der Waals surface area (Å²) in [5.74, 6) is 0.0697. The van der Waals surface area contributed by atoms with Gasteiger partial charge in [-0.05, 0) is 24.3 Å². The van der Waals surface area contributed by atoms with Crippen molar-refractivity contribution in [3.05, 3.63) is 24.3 Å². The molecule has 3 N–H and O–H groups in total. The van der Waals surface area contributed by atoms with Crippen molar-refractivity contribution in [1.82, 2.24) is 5.32 Å². The van der Waals surface area contributed by atoms with Crippen LogP contribution in [0.5, 0.6) is 0 Å². The molecule has 18 heavy (non-hydrogen) atoms. The summed E-state index contributed by atoms with van der Waals surface area (Å²) in [6, 6.07) is 6.86. The lowest BCUT2D eigenvalue weighted by Gasteiger charge is -2.25. The Hall–Kier alpha value is -2.08. The van der Waals surface area contributed by atoms with Crippen LogP contribution in [0.4, 0.5) is 16.2 Å². The minimum absolute atomic E-state index is 0.0161. The third-order valence-electron chi connectivity index (χ3n) is 2.74. The van der Waals surface area contributed by atoms with E-state index in [4.69, 9.17) is 0 Å². The predicted molar refractivity (Wildman–Crippen MR) is 67.5 cm³/mol. The Morgan fingerprint density at radius 2 is 1.72 bits per heavy atom. The molecule has 0 unspecified atom stereocenters. The molecule has 0 radical (unpaired) electrons. The lowest BCUT2D eigenvalue weighted by atomic mass is 10.0. The Morgan fingerprint density at radius 3 is 2.17 bits per heavy atom. The molecule has 0 saturated carbocycles. The van der Waals surface area contributed by atoms with Gasteiger partial charge in [0.25, 0.3) is 0 Å². The summed E-state index contributed by atoms with van der Waals surface area (Å²) in [5, 5.41) is 8.39. The lowest BCUT2D eigenvalue weighted by molar-refractivity contribution is -0.121. The average molecular weight is 249 g/mol. The van der Waals surface area contributed by atoms with E-state index in [9.17, 15) is 9.59 Å². The van der Waals surface area contributed by atoms with E-state index in [-0.39, 0.29) is 11.8 Å². The zero-order chi connectivity index (χ0) is 13.0. The van der Waals surface area contributed by atoms with Gasteiger partial charge >= 0.3 is 6.09 Å². The average Bonchev–Trinajstić information content (AvgIpc) is 2.29. The summed E-state index contributed by atoms with van der Waals surface area (Å²) in [6.45, 7) is 1.46. The standard InChI is InChI=1S/C12H15N3O3/c1-18-12(17)15-10-4-2-9(3-5-10)14-11(16)8-6-13-7-8/h2-5,8,13H,6-7H2,1H3,(H,14,16)(H,15,17). The molecule has 1 heterocycles. The molecule has 1 aliphatic rings. The van der Waals surface area contributed by atoms with Crippen LogP contribution in [0.15, 0.2) is 24.3 Å². The summed E-state index contributed by atoms with van der Waals surface area (Å²) in [6.07, 6.45) is -0.521. The molecule has 0 spiro atoms. The van der Waals surface area contributed by atoms with E-state index < -0.39 is 6.09 Å². The Kier molecular flexibility index (Phi) is 3.78. The Labute approximate surface area is 105 Å². The van der Waals surface area contributed by atoms with Gasteiger partial charge in [0, 0.05) is 24.5 Å². The number of carbonyl (C=O) groups excluding carboxylic acids is 2. The normalized spacial score (nSPS) is 14.5. The third kappa shape index (κ3) is 2.98. The Balaban J connectivity index is 1.90. The fraction of sp³-hybridized carbons (Fsp3) is 0.333. The van der Waals surface area contributed by atoms with Gasteiger partial charge in [-0.3, -0.25) is 10.1 Å². The molecule has 1 saturated heterocycles. The van der Waals surface area contributed by atoms with E-state index in [0.29, 0.717) is 11.4 Å². The number of anilines is 2. The first-order chi connectivity index (χ1) is 8.69. The summed E-state index contributed by atoms with van der Waals surface area (Å²) in [5.41, 5.74) is 1.33. The van der Waals surface area contributed by atoms with Crippen molar-refractivity contribution in [2.75, 3.05) is 30.8 Å². The van der Waals surface area contributed by atoms with Crippen LogP contribution in [0.1, 0.15) is 0 Å². The van der Waals surface area contributed by atoms with E-state index in [2.05, 4.69) is 20.7 Å². The number of amides is 2. The van der Waals surface area contributed by atoms with Crippen LogP contribution in [0, 0.1) is 5.92 Å². The number of rotatable bonds is 3. The van der Waals surface area contributed by atoms with Crippen molar-refractivity contribution in [1.29, 1.82) is 0 Å². The highest BCUT2D eigenvalue weighted by molar-refractivity contribution is 5.94. The van der Waals surface area contributed by atoms with E-state index in [1.165, 1.54) is 7.11 Å². The summed E-state index contributed by atoms with van der Waals surface area (Å²) in [4.78, 5) is 22.6. The molecule has 0 atom stereocenters. The molecule has 0 aromatic heterocycles. The molecule has 0 bridgehead atoms. The number of hydrogen-bond acceptors (Lipinski definition) is 4. The largest absolute Gasteiger partial charge is 0.453 e. The monoisotopic (exact) mass is 249 g/mol. The van der Waals surface area contributed by atoms with E-state index in [1.54, 1.807) is 24.3 Å². The topological polar surface area (TPSA) is 79.5 Å². The van der Waals surface area contributed by atoms with Crippen LogP contribution in [0.3, 0.4) is 0 Å². The Bertz CT molecular complexity index is 440. The number of methoxy groups -OCH3 is 1. The first-order valence-electron chi connectivity index (χ1n) is 5.65. The number of benzene rings is 1. The number of hydrogen-bond donors (Lipinski definition) is 3. The van der Waals surface area contributed by atoms with Crippen LogP contribution in [0.2, 0.25) is 0 Å². The van der Waals surface area contributed by atoms with Gasteiger partial charge in [0.2, 0.25) is 5.91 Å². The molecular formula is C12H15N3O3. The first-order valence-corrected chi connectivity index (χ1v) is 5.65. The molecule has 1 aromatic rings. The number of nitrogens with one attached hydrogen (secondary N) is 3. The molecule has 1 aromatic carbocycles. The van der Waals surface area contributed by atoms with Gasteiger partial charge in [0.15, 0.2) is 0 Å². The molecule has 6 nitrogen and oxygen atoms in total. The van der Waals surface area contributed by atoms with Crippen molar-refractivity contribution in [2.45, 2.75) is 0 Å². The van der Waals surface area contributed by atoms with E-state index in [1.807, 2.05) is 0 Å². The number of ether oxygens (including phenoxy) is 1. The van der Waals surface area contributed by atoms with E-state index >= 15 is 0 Å². The summed E-state index contributed by atoms with van der Waals surface area (Å²) >= 11 is 0. The molecule has 1 fully saturated rings. The van der Waals surface area contributed by atoms with E-state index in [0.717, 1.165) is 13.1 Å².